The topological polar surface area (TPSA) is 46.5 Å². The Morgan fingerprint density at radius 2 is 2.22 bits per heavy atom. The molecule has 3 nitrogen and oxygen atoms in total. The predicted octanol–water partition coefficient (Wildman–Crippen LogP) is 2.90. The maximum Gasteiger partial charge on any atom is 0.309 e. The second kappa shape index (κ2) is 3.50. The van der Waals surface area contributed by atoms with E-state index in [1.807, 2.05) is 19.9 Å². The maximum absolute atomic E-state index is 11.8. The monoisotopic (exact) mass is 246 g/mol. The fourth-order valence-corrected chi connectivity index (χ4v) is 3.46. The number of carbonyl (C=O) groups excluding carboxylic acids is 1. The molecule has 2 fully saturated rings. The van der Waals surface area contributed by atoms with Crippen molar-refractivity contribution in [3.63, 3.8) is 0 Å². The van der Waals surface area contributed by atoms with E-state index in [4.69, 9.17) is 4.74 Å². The summed E-state index contributed by atoms with van der Waals surface area (Å²) in [6.07, 6.45) is 5.14. The van der Waals surface area contributed by atoms with Crippen LogP contribution in [0, 0.1) is 17.3 Å². The summed E-state index contributed by atoms with van der Waals surface area (Å²) in [7, 11) is 0. The van der Waals surface area contributed by atoms with E-state index in [2.05, 4.69) is 6.58 Å². The molecule has 2 unspecified atom stereocenters. The minimum atomic E-state index is -0.538. The van der Waals surface area contributed by atoms with Crippen molar-refractivity contribution >= 4 is 5.97 Å². The molecule has 0 spiro atoms. The van der Waals surface area contributed by atoms with E-state index in [1.54, 1.807) is 6.08 Å². The zero-order valence-electron chi connectivity index (χ0n) is 10.8. The molecule has 2 aliphatic carbocycles. The molecule has 3 aliphatic rings. The van der Waals surface area contributed by atoms with Gasteiger partial charge in [-0.05, 0) is 31.4 Å². The van der Waals surface area contributed by atoms with Gasteiger partial charge in [-0.15, -0.1) is 0 Å². The molecule has 0 aromatic heterocycles. The van der Waals surface area contributed by atoms with Gasteiger partial charge >= 0.3 is 5.97 Å². The zero-order valence-corrected chi connectivity index (χ0v) is 10.8. The summed E-state index contributed by atoms with van der Waals surface area (Å²) in [6.45, 7) is 8.03. The number of aliphatic hydroxyl groups is 1. The van der Waals surface area contributed by atoms with Crippen LogP contribution in [0.15, 0.2) is 35.6 Å². The van der Waals surface area contributed by atoms with E-state index in [1.165, 1.54) is 0 Å². The van der Waals surface area contributed by atoms with Gasteiger partial charge in [0.15, 0.2) is 0 Å². The lowest BCUT2D eigenvalue weighted by atomic mass is 9.74. The van der Waals surface area contributed by atoms with E-state index in [-0.39, 0.29) is 23.9 Å². The molecular formula is C15H18O3. The highest BCUT2D eigenvalue weighted by Gasteiger charge is 2.53. The van der Waals surface area contributed by atoms with Crippen LogP contribution in [0.25, 0.3) is 0 Å². The highest BCUT2D eigenvalue weighted by molar-refractivity contribution is 5.76. The van der Waals surface area contributed by atoms with Crippen LogP contribution in [0.2, 0.25) is 0 Å². The molecule has 1 aliphatic heterocycles. The predicted molar refractivity (Wildman–Crippen MR) is 67.8 cm³/mol. The molecule has 0 aromatic carbocycles. The fraction of sp³-hybridized carbons (Fsp3) is 0.533. The molecule has 18 heavy (non-hydrogen) atoms. The summed E-state index contributed by atoms with van der Waals surface area (Å²) in [5, 5.41) is 10.1. The Balaban J connectivity index is 2.07. The van der Waals surface area contributed by atoms with Crippen LogP contribution < -0.4 is 0 Å². The van der Waals surface area contributed by atoms with E-state index in [9.17, 15) is 9.90 Å². The molecule has 4 atom stereocenters. The highest BCUT2D eigenvalue weighted by Crippen LogP contribution is 2.54. The van der Waals surface area contributed by atoms with Crippen molar-refractivity contribution in [2.24, 2.45) is 17.3 Å². The summed E-state index contributed by atoms with van der Waals surface area (Å²) in [5.74, 6) is 0.348. The van der Waals surface area contributed by atoms with Gasteiger partial charge in [0.25, 0.3) is 0 Å². The second-order valence-electron chi connectivity index (χ2n) is 5.75. The van der Waals surface area contributed by atoms with Crippen LogP contribution in [0.5, 0.6) is 0 Å². The molecule has 3 heteroatoms. The van der Waals surface area contributed by atoms with Crippen LogP contribution >= 0.6 is 0 Å². The lowest BCUT2D eigenvalue weighted by molar-refractivity contribution is -0.143. The van der Waals surface area contributed by atoms with Gasteiger partial charge in [0.2, 0.25) is 0 Å². The van der Waals surface area contributed by atoms with Crippen molar-refractivity contribution in [2.75, 3.05) is 0 Å². The maximum atomic E-state index is 11.8. The molecule has 1 saturated carbocycles. The number of aliphatic hydroxyl groups excluding tert-OH is 1. The standard InChI is InChI=1S/C15H18O3/c1-8-4-5-10-9(2)14(17)18-13(10)11-6-7-12(16)15(8,11)3/h6-7,9-10,13,16H,1,4-5H2,2-3H3/t9-,10?,13?,15+/m0/s1. The van der Waals surface area contributed by atoms with Crippen molar-refractivity contribution in [2.45, 2.75) is 32.8 Å². The third kappa shape index (κ3) is 1.22. The van der Waals surface area contributed by atoms with Crippen molar-refractivity contribution in [3.8, 4) is 0 Å². The minimum absolute atomic E-state index is 0.0613. The van der Waals surface area contributed by atoms with Gasteiger partial charge in [-0.1, -0.05) is 25.2 Å². The van der Waals surface area contributed by atoms with Crippen LogP contribution in [-0.4, -0.2) is 17.2 Å². The van der Waals surface area contributed by atoms with E-state index >= 15 is 0 Å². The lowest BCUT2D eigenvalue weighted by Gasteiger charge is -2.31. The summed E-state index contributed by atoms with van der Waals surface area (Å²) >= 11 is 0. The van der Waals surface area contributed by atoms with Gasteiger partial charge in [-0.25, -0.2) is 0 Å². The van der Waals surface area contributed by atoms with E-state index < -0.39 is 5.41 Å². The zero-order chi connectivity index (χ0) is 13.1. The minimum Gasteiger partial charge on any atom is -0.511 e. The first-order valence-corrected chi connectivity index (χ1v) is 6.46. The average Bonchev–Trinajstić information content (AvgIpc) is 2.74. The Kier molecular flexibility index (Phi) is 2.25. The Morgan fingerprint density at radius 1 is 1.50 bits per heavy atom. The van der Waals surface area contributed by atoms with E-state index in [0.29, 0.717) is 5.76 Å². The smallest absolute Gasteiger partial charge is 0.309 e. The molecule has 0 aromatic rings. The quantitative estimate of drug-likeness (QED) is 0.528. The number of hydrogen-bond donors (Lipinski definition) is 1. The first-order chi connectivity index (χ1) is 8.46. The summed E-state index contributed by atoms with van der Waals surface area (Å²) in [6, 6.07) is 0. The third-order valence-electron chi connectivity index (χ3n) is 4.95. The van der Waals surface area contributed by atoms with Crippen LogP contribution in [0.1, 0.15) is 26.7 Å². The first kappa shape index (κ1) is 11.6. The Hall–Kier alpha value is -1.51. The molecule has 0 radical (unpaired) electrons. The number of fused-ring (bicyclic) bond motifs is 3. The Bertz CT molecular complexity index is 500. The lowest BCUT2D eigenvalue weighted by Crippen LogP contribution is -2.29. The van der Waals surface area contributed by atoms with Crippen LogP contribution in [0.4, 0.5) is 0 Å². The Labute approximate surface area is 107 Å². The van der Waals surface area contributed by atoms with Crippen molar-refractivity contribution in [3.05, 3.63) is 35.6 Å². The number of rotatable bonds is 0. The van der Waals surface area contributed by atoms with Gasteiger partial charge in [0.05, 0.1) is 11.3 Å². The molecule has 1 saturated heterocycles. The number of carbonyl (C=O) groups is 1. The molecule has 96 valence electrons. The molecule has 3 rings (SSSR count). The number of esters is 1. The second-order valence-corrected chi connectivity index (χ2v) is 5.75. The number of ether oxygens (including phenoxy) is 1. The van der Waals surface area contributed by atoms with Crippen molar-refractivity contribution in [1.82, 2.24) is 0 Å². The molecule has 0 bridgehead atoms. The summed E-state index contributed by atoms with van der Waals surface area (Å²) < 4.78 is 5.54. The third-order valence-corrected chi connectivity index (χ3v) is 4.95. The molecule has 1 N–H and O–H groups in total. The van der Waals surface area contributed by atoms with Gasteiger partial charge in [0.1, 0.15) is 11.9 Å². The fourth-order valence-electron chi connectivity index (χ4n) is 3.46. The average molecular weight is 246 g/mol. The summed E-state index contributed by atoms with van der Waals surface area (Å²) in [4.78, 5) is 11.8. The van der Waals surface area contributed by atoms with E-state index in [0.717, 1.165) is 24.0 Å². The first-order valence-electron chi connectivity index (χ1n) is 6.46. The van der Waals surface area contributed by atoms with Crippen molar-refractivity contribution < 1.29 is 14.6 Å². The van der Waals surface area contributed by atoms with Gasteiger partial charge in [-0.3, -0.25) is 4.79 Å². The van der Waals surface area contributed by atoms with Crippen LogP contribution in [-0.2, 0) is 9.53 Å². The van der Waals surface area contributed by atoms with Crippen LogP contribution in [0.3, 0.4) is 0 Å². The SMILES string of the molecule is C=C1CCC2C(OC(=O)[C@H]2C)C2=CC=C(O)[C@]12C. The summed E-state index contributed by atoms with van der Waals surface area (Å²) in [5.41, 5.74) is 1.46. The largest absolute Gasteiger partial charge is 0.511 e. The number of allylic oxidation sites excluding steroid dienone is 3. The van der Waals surface area contributed by atoms with Gasteiger partial charge < -0.3 is 9.84 Å². The van der Waals surface area contributed by atoms with Crippen molar-refractivity contribution in [1.29, 1.82) is 0 Å². The Morgan fingerprint density at radius 3 is 2.94 bits per heavy atom. The molecular weight excluding hydrogens is 228 g/mol. The van der Waals surface area contributed by atoms with Gasteiger partial charge in [0, 0.05) is 5.92 Å². The highest BCUT2D eigenvalue weighted by atomic mass is 16.6. The molecule has 1 heterocycles. The number of hydrogen-bond acceptors (Lipinski definition) is 3. The van der Waals surface area contributed by atoms with Gasteiger partial charge in [-0.2, -0.15) is 0 Å². The normalized spacial score (nSPS) is 42.7. The molecule has 0 amide bonds.